The molecular formula is C16H16BrNO2. The van der Waals surface area contributed by atoms with Gasteiger partial charge in [-0.15, -0.1) is 0 Å². The molecule has 4 heteroatoms. The van der Waals surface area contributed by atoms with E-state index in [1.165, 1.54) is 11.6 Å². The minimum Gasteiger partial charge on any atom is -0.507 e. The Morgan fingerprint density at radius 1 is 1.20 bits per heavy atom. The number of nitrogens with one attached hydrogen (secondary N) is 1. The molecule has 0 heterocycles. The van der Waals surface area contributed by atoms with Crippen LogP contribution in [0.1, 0.15) is 29.3 Å². The molecule has 1 amide bonds. The number of phenolic OH excluding ortho intramolecular Hbond substituents is 1. The van der Waals surface area contributed by atoms with E-state index in [9.17, 15) is 9.90 Å². The molecule has 0 spiro atoms. The number of hydrogen-bond donors (Lipinski definition) is 2. The Balaban J connectivity index is 2.08. The molecule has 2 rings (SSSR count). The molecule has 0 bridgehead atoms. The van der Waals surface area contributed by atoms with Crippen molar-refractivity contribution >= 4 is 27.5 Å². The highest BCUT2D eigenvalue weighted by Gasteiger charge is 2.08. The van der Waals surface area contributed by atoms with Gasteiger partial charge in [-0.25, -0.2) is 0 Å². The van der Waals surface area contributed by atoms with E-state index >= 15 is 0 Å². The Hall–Kier alpha value is -1.81. The largest absolute Gasteiger partial charge is 0.507 e. The average molecular weight is 334 g/mol. The highest BCUT2D eigenvalue weighted by Crippen LogP contribution is 2.24. The van der Waals surface area contributed by atoms with Crippen LogP contribution in [-0.2, 0) is 6.42 Å². The zero-order valence-electron chi connectivity index (χ0n) is 11.2. The van der Waals surface area contributed by atoms with E-state index in [1.54, 1.807) is 12.1 Å². The molecule has 2 aromatic carbocycles. The van der Waals surface area contributed by atoms with Crippen LogP contribution in [0, 0.1) is 0 Å². The maximum Gasteiger partial charge on any atom is 0.255 e. The van der Waals surface area contributed by atoms with Gasteiger partial charge in [-0.05, 0) is 58.2 Å². The Bertz CT molecular complexity index is 608. The van der Waals surface area contributed by atoms with Gasteiger partial charge in [0.25, 0.3) is 5.91 Å². The molecule has 0 aliphatic heterocycles. The topological polar surface area (TPSA) is 49.3 Å². The van der Waals surface area contributed by atoms with Gasteiger partial charge in [0.2, 0.25) is 0 Å². The van der Waals surface area contributed by atoms with Crippen LogP contribution in [0.4, 0.5) is 5.69 Å². The number of hydrogen-bond acceptors (Lipinski definition) is 2. The zero-order chi connectivity index (χ0) is 14.5. The third-order valence-corrected chi connectivity index (χ3v) is 3.63. The first-order chi connectivity index (χ1) is 9.60. The van der Waals surface area contributed by atoms with Gasteiger partial charge in [0, 0.05) is 11.3 Å². The van der Waals surface area contributed by atoms with Crippen molar-refractivity contribution in [3.8, 4) is 5.75 Å². The summed E-state index contributed by atoms with van der Waals surface area (Å²) in [7, 11) is 0. The van der Waals surface area contributed by atoms with E-state index in [0.717, 1.165) is 18.5 Å². The molecular weight excluding hydrogens is 318 g/mol. The smallest absolute Gasteiger partial charge is 0.255 e. The summed E-state index contributed by atoms with van der Waals surface area (Å²) in [5, 5.41) is 12.4. The lowest BCUT2D eigenvalue weighted by Gasteiger charge is -2.07. The lowest BCUT2D eigenvalue weighted by atomic mass is 10.1. The minimum absolute atomic E-state index is 0.0518. The van der Waals surface area contributed by atoms with Crippen molar-refractivity contribution in [1.82, 2.24) is 0 Å². The number of anilines is 1. The third kappa shape index (κ3) is 3.61. The summed E-state index contributed by atoms with van der Waals surface area (Å²) in [6.07, 6.45) is 2.14. The molecule has 0 unspecified atom stereocenters. The number of aromatic hydroxyl groups is 1. The van der Waals surface area contributed by atoms with Crippen LogP contribution in [0.5, 0.6) is 5.75 Å². The third-order valence-electron chi connectivity index (χ3n) is 2.96. The van der Waals surface area contributed by atoms with Crippen LogP contribution in [0.2, 0.25) is 0 Å². The van der Waals surface area contributed by atoms with Crippen LogP contribution in [0.3, 0.4) is 0 Å². The molecule has 0 aromatic heterocycles. The van der Waals surface area contributed by atoms with E-state index in [-0.39, 0.29) is 11.7 Å². The second-order valence-corrected chi connectivity index (χ2v) is 5.42. The summed E-state index contributed by atoms with van der Waals surface area (Å²) in [5.41, 5.74) is 2.42. The highest BCUT2D eigenvalue weighted by molar-refractivity contribution is 9.10. The maximum atomic E-state index is 12.1. The number of carbonyl (C=O) groups is 1. The number of halogens is 1. The molecule has 0 radical (unpaired) electrons. The monoisotopic (exact) mass is 333 g/mol. The molecule has 3 nitrogen and oxygen atoms in total. The number of rotatable bonds is 4. The van der Waals surface area contributed by atoms with Gasteiger partial charge < -0.3 is 10.4 Å². The summed E-state index contributed by atoms with van der Waals surface area (Å²) in [5.74, 6) is -0.188. The van der Waals surface area contributed by atoms with Crippen molar-refractivity contribution in [3.63, 3.8) is 0 Å². The average Bonchev–Trinajstić information content (AvgIpc) is 2.44. The predicted molar refractivity (Wildman–Crippen MR) is 84.2 cm³/mol. The second kappa shape index (κ2) is 6.57. The first-order valence-electron chi connectivity index (χ1n) is 6.49. The molecule has 20 heavy (non-hydrogen) atoms. The van der Waals surface area contributed by atoms with Crippen LogP contribution in [0.15, 0.2) is 46.9 Å². The van der Waals surface area contributed by atoms with Gasteiger partial charge in [0.1, 0.15) is 5.75 Å². The van der Waals surface area contributed by atoms with Crippen molar-refractivity contribution in [2.45, 2.75) is 19.8 Å². The van der Waals surface area contributed by atoms with E-state index in [4.69, 9.17) is 0 Å². The number of phenols is 1. The fourth-order valence-corrected chi connectivity index (χ4v) is 2.15. The summed E-state index contributed by atoms with van der Waals surface area (Å²) in [4.78, 5) is 12.1. The van der Waals surface area contributed by atoms with Crippen LogP contribution in [-0.4, -0.2) is 11.0 Å². The number of amides is 1. The van der Waals surface area contributed by atoms with E-state index in [0.29, 0.717) is 10.0 Å². The minimum atomic E-state index is -0.240. The van der Waals surface area contributed by atoms with E-state index in [2.05, 4.69) is 28.2 Å². The van der Waals surface area contributed by atoms with Gasteiger partial charge in [-0.2, -0.15) is 0 Å². The molecule has 0 aliphatic carbocycles. The molecule has 2 aromatic rings. The van der Waals surface area contributed by atoms with Crippen molar-refractivity contribution in [3.05, 3.63) is 58.1 Å². The molecule has 0 atom stereocenters. The van der Waals surface area contributed by atoms with E-state index < -0.39 is 0 Å². The number of aryl methyl sites for hydroxylation is 1. The summed E-state index contributed by atoms with van der Waals surface area (Å²) >= 11 is 3.19. The lowest BCUT2D eigenvalue weighted by Crippen LogP contribution is -2.11. The summed E-state index contributed by atoms with van der Waals surface area (Å²) in [6.45, 7) is 2.13. The van der Waals surface area contributed by atoms with Crippen molar-refractivity contribution in [2.75, 3.05) is 5.32 Å². The van der Waals surface area contributed by atoms with Crippen molar-refractivity contribution in [2.24, 2.45) is 0 Å². The SMILES string of the molecule is CCCc1ccc(NC(=O)c2ccc(Br)c(O)c2)cc1. The molecule has 0 saturated heterocycles. The van der Waals surface area contributed by atoms with Crippen LogP contribution < -0.4 is 5.32 Å². The Morgan fingerprint density at radius 3 is 2.50 bits per heavy atom. The molecule has 0 saturated carbocycles. The second-order valence-electron chi connectivity index (χ2n) is 4.57. The van der Waals surface area contributed by atoms with Gasteiger partial charge in [-0.1, -0.05) is 25.5 Å². The fraction of sp³-hybridized carbons (Fsp3) is 0.188. The Morgan fingerprint density at radius 2 is 1.90 bits per heavy atom. The number of carbonyl (C=O) groups excluding carboxylic acids is 1. The van der Waals surface area contributed by atoms with Gasteiger partial charge >= 0.3 is 0 Å². The standard InChI is InChI=1S/C16H16BrNO2/c1-2-3-11-4-7-13(8-5-11)18-16(20)12-6-9-14(17)15(19)10-12/h4-10,19H,2-3H2,1H3,(H,18,20). The van der Waals surface area contributed by atoms with Gasteiger partial charge in [0.15, 0.2) is 0 Å². The fourth-order valence-electron chi connectivity index (χ4n) is 1.90. The Kier molecular flexibility index (Phi) is 4.79. The van der Waals surface area contributed by atoms with Crippen LogP contribution in [0.25, 0.3) is 0 Å². The van der Waals surface area contributed by atoms with Crippen molar-refractivity contribution < 1.29 is 9.90 Å². The normalized spacial score (nSPS) is 10.3. The van der Waals surface area contributed by atoms with Gasteiger partial charge in [0.05, 0.1) is 4.47 Å². The quantitative estimate of drug-likeness (QED) is 0.873. The molecule has 104 valence electrons. The molecule has 2 N–H and O–H groups in total. The van der Waals surface area contributed by atoms with Gasteiger partial charge in [-0.3, -0.25) is 4.79 Å². The molecule has 0 aliphatic rings. The predicted octanol–water partition coefficient (Wildman–Crippen LogP) is 4.36. The maximum absolute atomic E-state index is 12.1. The Labute approximate surface area is 126 Å². The number of benzene rings is 2. The van der Waals surface area contributed by atoms with Crippen LogP contribution >= 0.6 is 15.9 Å². The lowest BCUT2D eigenvalue weighted by molar-refractivity contribution is 0.102. The van der Waals surface area contributed by atoms with Crippen molar-refractivity contribution in [1.29, 1.82) is 0 Å². The highest BCUT2D eigenvalue weighted by atomic mass is 79.9. The first-order valence-corrected chi connectivity index (χ1v) is 7.28. The summed E-state index contributed by atoms with van der Waals surface area (Å²) < 4.78 is 0.568. The summed E-state index contributed by atoms with van der Waals surface area (Å²) in [6, 6.07) is 12.5. The first kappa shape index (κ1) is 14.6. The zero-order valence-corrected chi connectivity index (χ0v) is 12.8. The molecule has 0 fully saturated rings. The van der Waals surface area contributed by atoms with E-state index in [1.807, 2.05) is 24.3 Å².